The van der Waals surface area contributed by atoms with Gasteiger partial charge in [-0.3, -0.25) is 14.6 Å². The van der Waals surface area contributed by atoms with Crippen molar-refractivity contribution in [2.45, 2.75) is 37.3 Å². The number of nitrogens with one attached hydrogen (secondary N) is 2. The van der Waals surface area contributed by atoms with Gasteiger partial charge in [0.2, 0.25) is 11.8 Å². The first-order chi connectivity index (χ1) is 16.6. The number of pyridine rings is 2. The summed E-state index contributed by atoms with van der Waals surface area (Å²) in [4.78, 5) is 33.1. The minimum absolute atomic E-state index is 0.0207. The Morgan fingerprint density at radius 3 is 2.43 bits per heavy atom. The van der Waals surface area contributed by atoms with Crippen LogP contribution in [0.4, 0.5) is 11.4 Å². The smallest absolute Gasteiger partial charge is 0.255 e. The van der Waals surface area contributed by atoms with E-state index >= 15 is 0 Å². The highest BCUT2D eigenvalue weighted by atomic mass is 32.2. The lowest BCUT2D eigenvalue weighted by Crippen LogP contribution is -2.34. The van der Waals surface area contributed by atoms with E-state index in [1.54, 1.807) is 32.9 Å². The monoisotopic (exact) mass is 498 g/mol. The largest absolute Gasteiger partial charge is 0.506 e. The normalized spacial score (nSPS) is 12.0. The van der Waals surface area contributed by atoms with E-state index in [1.165, 1.54) is 36.5 Å². The number of nitrogens with zero attached hydrogens (tertiary/aromatic N) is 2. The Morgan fingerprint density at radius 1 is 1.06 bits per heavy atom. The highest BCUT2D eigenvalue weighted by Crippen LogP contribution is 2.28. The van der Waals surface area contributed by atoms with Crippen LogP contribution in [-0.2, 0) is 14.6 Å². The van der Waals surface area contributed by atoms with E-state index < -0.39 is 26.9 Å². The molecule has 1 aromatic carbocycles. The number of rotatable bonds is 9. The average molecular weight is 499 g/mol. The topological polar surface area (TPSA) is 148 Å². The molecule has 2 aromatic heterocycles. The van der Waals surface area contributed by atoms with Crippen LogP contribution in [0.25, 0.3) is 0 Å². The third-order valence-electron chi connectivity index (χ3n) is 5.04. The number of carbonyl (C=O) groups is 2. The first-order valence-corrected chi connectivity index (χ1v) is 12.4. The number of aromatic hydroxyl groups is 1. The van der Waals surface area contributed by atoms with Crippen molar-refractivity contribution in [2.75, 3.05) is 17.2 Å². The van der Waals surface area contributed by atoms with E-state index in [0.29, 0.717) is 17.9 Å². The molecule has 0 saturated heterocycles. The second-order valence-corrected chi connectivity index (χ2v) is 9.70. The summed E-state index contributed by atoms with van der Waals surface area (Å²) in [6, 6.07) is 10.00. The van der Waals surface area contributed by atoms with Gasteiger partial charge in [-0.15, -0.1) is 0 Å². The average Bonchev–Trinajstić information content (AvgIpc) is 2.81. The van der Waals surface area contributed by atoms with Crippen LogP contribution in [0.15, 0.2) is 59.8 Å². The van der Waals surface area contributed by atoms with Crippen molar-refractivity contribution in [1.29, 1.82) is 0 Å². The van der Waals surface area contributed by atoms with Crippen molar-refractivity contribution in [3.8, 4) is 11.6 Å². The molecule has 3 rings (SSSR count). The second kappa shape index (κ2) is 11.0. The van der Waals surface area contributed by atoms with Gasteiger partial charge in [-0.1, -0.05) is 6.92 Å². The summed E-state index contributed by atoms with van der Waals surface area (Å²) in [5.41, 5.74) is 1.33. The summed E-state index contributed by atoms with van der Waals surface area (Å²) < 4.78 is 31.3. The van der Waals surface area contributed by atoms with Gasteiger partial charge in [0.1, 0.15) is 11.0 Å². The number of hydrogen-bond donors (Lipinski definition) is 3. The molecule has 0 saturated carbocycles. The minimum Gasteiger partial charge on any atom is -0.506 e. The molecule has 10 nitrogen and oxygen atoms in total. The van der Waals surface area contributed by atoms with E-state index in [2.05, 4.69) is 20.6 Å². The van der Waals surface area contributed by atoms with Crippen LogP contribution >= 0.6 is 0 Å². The van der Waals surface area contributed by atoms with Crippen molar-refractivity contribution < 1.29 is 27.9 Å². The van der Waals surface area contributed by atoms with Crippen LogP contribution in [0.3, 0.4) is 0 Å². The Kier molecular flexibility index (Phi) is 8.02. The van der Waals surface area contributed by atoms with Crippen molar-refractivity contribution in [3.63, 3.8) is 0 Å². The van der Waals surface area contributed by atoms with Crippen molar-refractivity contribution >= 4 is 33.0 Å². The van der Waals surface area contributed by atoms with Crippen LogP contribution in [0.2, 0.25) is 0 Å². The molecule has 1 atom stereocenters. The molecule has 11 heteroatoms. The van der Waals surface area contributed by atoms with Gasteiger partial charge >= 0.3 is 0 Å². The molecule has 2 amide bonds. The Balaban J connectivity index is 1.73. The van der Waals surface area contributed by atoms with E-state index in [4.69, 9.17) is 4.74 Å². The number of phenols is 1. The molecule has 0 fully saturated rings. The van der Waals surface area contributed by atoms with Gasteiger partial charge < -0.3 is 20.5 Å². The lowest BCUT2D eigenvalue weighted by atomic mass is 10.2. The summed E-state index contributed by atoms with van der Waals surface area (Å²) in [6.45, 7) is 5.50. The third kappa shape index (κ3) is 6.12. The van der Waals surface area contributed by atoms with E-state index in [9.17, 15) is 23.1 Å². The summed E-state index contributed by atoms with van der Waals surface area (Å²) in [5.74, 6) is -1.22. The molecule has 3 aromatic rings. The molecule has 35 heavy (non-hydrogen) atoms. The maximum atomic E-state index is 13.0. The van der Waals surface area contributed by atoms with Crippen LogP contribution in [0.1, 0.15) is 36.3 Å². The van der Waals surface area contributed by atoms with Gasteiger partial charge in [0.05, 0.1) is 17.2 Å². The fourth-order valence-electron chi connectivity index (χ4n) is 3.30. The molecule has 184 valence electrons. The molecule has 0 bridgehead atoms. The molecule has 1 unspecified atom stereocenters. The fraction of sp³-hybridized carbons (Fsp3) is 0.250. The number of ether oxygens (including phenoxy) is 1. The molecule has 0 aliphatic rings. The molecule has 0 radical (unpaired) electrons. The van der Waals surface area contributed by atoms with Gasteiger partial charge in [0.15, 0.2) is 9.84 Å². The van der Waals surface area contributed by atoms with E-state index in [1.807, 2.05) is 0 Å². The van der Waals surface area contributed by atoms with Gasteiger partial charge in [-0.2, -0.15) is 0 Å². The Labute approximate surface area is 203 Å². The summed E-state index contributed by atoms with van der Waals surface area (Å²) in [7, 11) is -4.03. The molecule has 0 aliphatic carbocycles. The highest BCUT2D eigenvalue weighted by Gasteiger charge is 2.33. The van der Waals surface area contributed by atoms with Gasteiger partial charge in [-0.25, -0.2) is 13.4 Å². The molecule has 2 heterocycles. The van der Waals surface area contributed by atoms with Gasteiger partial charge in [0, 0.05) is 41.5 Å². The Hall–Kier alpha value is -3.99. The first-order valence-electron chi connectivity index (χ1n) is 10.9. The number of phenolic OH excluding ortho intramolecular Hbond substituents is 1. The van der Waals surface area contributed by atoms with Gasteiger partial charge in [0.25, 0.3) is 5.91 Å². The SMILES string of the molecule is CCOc1ccc(S(=O)(=O)C(CC)C(=O)Nc2ccc(NC(=O)c3ccnc(C)c3)c(O)c2)cn1. The summed E-state index contributed by atoms with van der Waals surface area (Å²) in [5, 5.41) is 14.1. The number of carbonyl (C=O) groups excluding carboxylic acids is 2. The number of aryl methyl sites for hydroxylation is 1. The summed E-state index contributed by atoms with van der Waals surface area (Å²) in [6.07, 6.45) is 2.68. The number of hydrogen-bond acceptors (Lipinski definition) is 8. The predicted octanol–water partition coefficient (Wildman–Crippen LogP) is 3.33. The van der Waals surface area contributed by atoms with Gasteiger partial charge in [-0.05, 0) is 50.6 Å². The van der Waals surface area contributed by atoms with Crippen molar-refractivity contribution in [2.24, 2.45) is 0 Å². The third-order valence-corrected chi connectivity index (χ3v) is 7.24. The number of sulfone groups is 1. The zero-order valence-corrected chi connectivity index (χ0v) is 20.3. The standard InChI is InChI=1S/C24H26N4O6S/c1-4-21(35(32,33)18-7-9-22(26-14-18)34-5-2)24(31)27-17-6-8-19(20(29)13-17)28-23(30)16-10-11-25-15(3)12-16/h6-14,21,29H,4-5H2,1-3H3,(H,27,31)(H,28,30). The van der Waals surface area contributed by atoms with E-state index in [0.717, 1.165) is 6.20 Å². The number of amides is 2. The lowest BCUT2D eigenvalue weighted by molar-refractivity contribution is -0.115. The Bertz CT molecular complexity index is 1330. The maximum absolute atomic E-state index is 13.0. The van der Waals surface area contributed by atoms with Crippen molar-refractivity contribution in [1.82, 2.24) is 9.97 Å². The number of aromatic nitrogens is 2. The fourth-order valence-corrected chi connectivity index (χ4v) is 4.86. The maximum Gasteiger partial charge on any atom is 0.255 e. The highest BCUT2D eigenvalue weighted by molar-refractivity contribution is 7.92. The quantitative estimate of drug-likeness (QED) is 0.381. The first kappa shape index (κ1) is 25.6. The molecular weight excluding hydrogens is 472 g/mol. The van der Waals surface area contributed by atoms with Crippen molar-refractivity contribution in [3.05, 3.63) is 66.1 Å². The zero-order chi connectivity index (χ0) is 25.6. The molecule has 0 aliphatic heterocycles. The second-order valence-electron chi connectivity index (χ2n) is 7.57. The molecule has 3 N–H and O–H groups in total. The number of anilines is 2. The zero-order valence-electron chi connectivity index (χ0n) is 19.5. The predicted molar refractivity (Wildman–Crippen MR) is 130 cm³/mol. The van der Waals surface area contributed by atoms with Crippen LogP contribution in [-0.4, -0.2) is 47.2 Å². The van der Waals surface area contributed by atoms with Crippen LogP contribution < -0.4 is 15.4 Å². The Morgan fingerprint density at radius 2 is 1.83 bits per heavy atom. The van der Waals surface area contributed by atoms with Crippen LogP contribution in [0, 0.1) is 6.92 Å². The molecular formula is C24H26N4O6S. The lowest BCUT2D eigenvalue weighted by Gasteiger charge is -2.17. The van der Waals surface area contributed by atoms with E-state index in [-0.39, 0.29) is 34.3 Å². The number of benzene rings is 1. The molecule has 0 spiro atoms. The summed E-state index contributed by atoms with van der Waals surface area (Å²) >= 11 is 0. The van der Waals surface area contributed by atoms with Crippen LogP contribution in [0.5, 0.6) is 11.6 Å². The minimum atomic E-state index is -4.03.